The summed E-state index contributed by atoms with van der Waals surface area (Å²) in [6.45, 7) is 1.66. The maximum atomic E-state index is 12.1. The Hall–Kier alpha value is -1.99. The number of aromatic nitrogens is 2. The molecule has 0 radical (unpaired) electrons. The van der Waals surface area contributed by atoms with Crippen LogP contribution in [-0.2, 0) is 0 Å². The average Bonchev–Trinajstić information content (AvgIpc) is 2.50. The van der Waals surface area contributed by atoms with Crippen molar-refractivity contribution in [2.24, 2.45) is 0 Å². The second-order valence-electron chi connectivity index (χ2n) is 4.95. The van der Waals surface area contributed by atoms with Crippen LogP contribution < -0.4 is 10.6 Å². The van der Waals surface area contributed by atoms with Gasteiger partial charge < -0.3 is 15.5 Å². The number of nitrogens with one attached hydrogen (secondary N) is 2. The number of carbonyl (C=O) groups excluding carboxylic acids is 1. The van der Waals surface area contributed by atoms with Gasteiger partial charge in [0.1, 0.15) is 11.5 Å². The molecule has 0 aliphatic rings. The zero-order valence-corrected chi connectivity index (χ0v) is 14.1. The van der Waals surface area contributed by atoms with E-state index >= 15 is 0 Å². The first kappa shape index (κ1) is 16.4. The molecule has 0 saturated carbocycles. The highest BCUT2D eigenvalue weighted by molar-refractivity contribution is 9.10. The van der Waals surface area contributed by atoms with Crippen molar-refractivity contribution in [1.29, 1.82) is 0 Å². The van der Waals surface area contributed by atoms with Crippen LogP contribution in [0, 0.1) is 0 Å². The first-order chi connectivity index (χ1) is 10.6. The van der Waals surface area contributed by atoms with Gasteiger partial charge in [0, 0.05) is 17.6 Å². The number of benzene rings is 1. The van der Waals surface area contributed by atoms with Gasteiger partial charge >= 0.3 is 0 Å². The Labute approximate surface area is 138 Å². The van der Waals surface area contributed by atoms with Crippen LogP contribution in [0.15, 0.2) is 41.1 Å². The van der Waals surface area contributed by atoms with E-state index in [9.17, 15) is 4.79 Å². The van der Waals surface area contributed by atoms with Crippen LogP contribution in [-0.4, -0.2) is 48.0 Å². The van der Waals surface area contributed by atoms with Gasteiger partial charge in [-0.1, -0.05) is 12.1 Å². The average molecular weight is 364 g/mol. The molecule has 2 N–H and O–H groups in total. The number of halogens is 1. The molecule has 6 nitrogen and oxygen atoms in total. The Kier molecular flexibility index (Phi) is 5.85. The minimum absolute atomic E-state index is 0.272. The quantitative estimate of drug-likeness (QED) is 0.824. The topological polar surface area (TPSA) is 70.2 Å². The molecular weight excluding hydrogens is 346 g/mol. The van der Waals surface area contributed by atoms with Crippen molar-refractivity contribution >= 4 is 33.3 Å². The first-order valence-electron chi connectivity index (χ1n) is 6.83. The summed E-state index contributed by atoms with van der Waals surface area (Å²) >= 11 is 3.38. The summed E-state index contributed by atoms with van der Waals surface area (Å²) < 4.78 is 0.818. The number of anilines is 2. The summed E-state index contributed by atoms with van der Waals surface area (Å²) in [5.41, 5.74) is 0.969. The van der Waals surface area contributed by atoms with Crippen molar-refractivity contribution in [3.05, 3.63) is 46.8 Å². The lowest BCUT2D eigenvalue weighted by atomic mass is 10.3. The maximum absolute atomic E-state index is 12.1. The van der Waals surface area contributed by atoms with E-state index in [0.717, 1.165) is 17.6 Å². The fraction of sp³-hybridized carbons (Fsp3) is 0.267. The van der Waals surface area contributed by atoms with Crippen LogP contribution in [0.1, 0.15) is 10.5 Å². The van der Waals surface area contributed by atoms with E-state index in [4.69, 9.17) is 0 Å². The molecule has 1 aromatic heterocycles. The molecule has 22 heavy (non-hydrogen) atoms. The molecule has 0 aliphatic heterocycles. The number of rotatable bonds is 6. The molecule has 0 atom stereocenters. The molecule has 0 unspecified atom stereocenters. The molecule has 2 rings (SSSR count). The third-order valence-electron chi connectivity index (χ3n) is 2.87. The van der Waals surface area contributed by atoms with Crippen molar-refractivity contribution in [3.63, 3.8) is 0 Å². The van der Waals surface area contributed by atoms with Crippen LogP contribution >= 0.6 is 15.9 Å². The van der Waals surface area contributed by atoms with Gasteiger partial charge in [0.15, 0.2) is 0 Å². The van der Waals surface area contributed by atoms with E-state index in [1.165, 1.54) is 6.20 Å². The number of hydrogen-bond donors (Lipinski definition) is 2. The van der Waals surface area contributed by atoms with Crippen molar-refractivity contribution in [2.45, 2.75) is 0 Å². The summed E-state index contributed by atoms with van der Waals surface area (Å²) in [5.74, 6) is 0.360. The second kappa shape index (κ2) is 7.86. The number of carbonyl (C=O) groups is 1. The van der Waals surface area contributed by atoms with E-state index in [0.29, 0.717) is 11.5 Å². The van der Waals surface area contributed by atoms with Gasteiger partial charge in [-0.05, 0) is 42.2 Å². The monoisotopic (exact) mass is 363 g/mol. The SMILES string of the molecule is CN(C)CCNc1cnc(C(=O)Nc2ccccc2Br)cn1. The predicted octanol–water partition coefficient (Wildman–Crippen LogP) is 2.46. The number of hydrogen-bond acceptors (Lipinski definition) is 5. The largest absolute Gasteiger partial charge is 0.368 e. The summed E-state index contributed by atoms with van der Waals surface area (Å²) in [5, 5.41) is 5.94. The number of amides is 1. The van der Waals surface area contributed by atoms with Crippen LogP contribution in [0.4, 0.5) is 11.5 Å². The number of para-hydroxylation sites is 1. The molecule has 0 bridgehead atoms. The summed E-state index contributed by atoms with van der Waals surface area (Å²) in [4.78, 5) is 22.5. The molecule has 0 aliphatic carbocycles. The Morgan fingerprint density at radius 2 is 2.00 bits per heavy atom. The van der Waals surface area contributed by atoms with E-state index in [2.05, 4.69) is 41.4 Å². The second-order valence-corrected chi connectivity index (χ2v) is 5.81. The zero-order valence-electron chi connectivity index (χ0n) is 12.5. The molecule has 7 heteroatoms. The molecule has 0 saturated heterocycles. The molecular formula is C15H18BrN5O. The smallest absolute Gasteiger partial charge is 0.275 e. The Bertz CT molecular complexity index is 630. The lowest BCUT2D eigenvalue weighted by Crippen LogP contribution is -2.21. The fourth-order valence-corrected chi connectivity index (χ4v) is 2.08. The lowest BCUT2D eigenvalue weighted by Gasteiger charge is -2.10. The van der Waals surface area contributed by atoms with Crippen LogP contribution in [0.2, 0.25) is 0 Å². The standard InChI is InChI=1S/C15H18BrN5O/c1-21(2)8-7-17-14-10-18-13(9-19-14)15(22)20-12-6-4-3-5-11(12)16/h3-6,9-10H,7-8H2,1-2H3,(H,17,19)(H,20,22). The highest BCUT2D eigenvalue weighted by atomic mass is 79.9. The van der Waals surface area contributed by atoms with E-state index < -0.39 is 0 Å². The highest BCUT2D eigenvalue weighted by Gasteiger charge is 2.10. The molecule has 1 aromatic carbocycles. The summed E-state index contributed by atoms with van der Waals surface area (Å²) in [7, 11) is 4.00. The maximum Gasteiger partial charge on any atom is 0.275 e. The van der Waals surface area contributed by atoms with Gasteiger partial charge in [0.05, 0.1) is 18.1 Å². The molecule has 0 fully saturated rings. The summed E-state index contributed by atoms with van der Waals surface area (Å²) in [6, 6.07) is 7.41. The van der Waals surface area contributed by atoms with Crippen molar-refractivity contribution in [1.82, 2.24) is 14.9 Å². The van der Waals surface area contributed by atoms with Crippen LogP contribution in [0.5, 0.6) is 0 Å². The van der Waals surface area contributed by atoms with Crippen LogP contribution in [0.25, 0.3) is 0 Å². The van der Waals surface area contributed by atoms with Gasteiger partial charge in [-0.3, -0.25) is 4.79 Å². The Morgan fingerprint density at radius 1 is 1.23 bits per heavy atom. The van der Waals surface area contributed by atoms with Crippen molar-refractivity contribution in [2.75, 3.05) is 37.8 Å². The minimum Gasteiger partial charge on any atom is -0.368 e. The fourth-order valence-electron chi connectivity index (χ4n) is 1.69. The molecule has 1 heterocycles. The molecule has 0 spiro atoms. The van der Waals surface area contributed by atoms with Crippen molar-refractivity contribution < 1.29 is 4.79 Å². The van der Waals surface area contributed by atoms with Gasteiger partial charge in [0.25, 0.3) is 5.91 Å². The number of likely N-dealkylation sites (N-methyl/N-ethyl adjacent to an activating group) is 1. The molecule has 1 amide bonds. The normalized spacial score (nSPS) is 10.5. The minimum atomic E-state index is -0.292. The van der Waals surface area contributed by atoms with Gasteiger partial charge in [-0.25, -0.2) is 9.97 Å². The van der Waals surface area contributed by atoms with Gasteiger partial charge in [-0.15, -0.1) is 0 Å². The molecule has 116 valence electrons. The van der Waals surface area contributed by atoms with E-state index in [1.54, 1.807) is 6.20 Å². The lowest BCUT2D eigenvalue weighted by molar-refractivity contribution is 0.102. The predicted molar refractivity (Wildman–Crippen MR) is 91.2 cm³/mol. The van der Waals surface area contributed by atoms with E-state index in [1.807, 2.05) is 38.4 Å². The Morgan fingerprint density at radius 3 is 2.64 bits per heavy atom. The van der Waals surface area contributed by atoms with Gasteiger partial charge in [0.2, 0.25) is 0 Å². The van der Waals surface area contributed by atoms with Crippen molar-refractivity contribution in [3.8, 4) is 0 Å². The first-order valence-corrected chi connectivity index (χ1v) is 7.62. The van der Waals surface area contributed by atoms with Gasteiger partial charge in [-0.2, -0.15) is 0 Å². The third kappa shape index (κ3) is 4.78. The third-order valence-corrected chi connectivity index (χ3v) is 3.56. The van der Waals surface area contributed by atoms with E-state index in [-0.39, 0.29) is 11.6 Å². The molecule has 2 aromatic rings. The summed E-state index contributed by atoms with van der Waals surface area (Å²) in [6.07, 6.45) is 3.02. The zero-order chi connectivity index (χ0) is 15.9. The van der Waals surface area contributed by atoms with Crippen LogP contribution in [0.3, 0.4) is 0 Å². The Balaban J connectivity index is 1.95. The highest BCUT2D eigenvalue weighted by Crippen LogP contribution is 2.21. The number of nitrogens with zero attached hydrogens (tertiary/aromatic N) is 3.